The van der Waals surface area contributed by atoms with Crippen LogP contribution in [0.2, 0.25) is 0 Å². The van der Waals surface area contributed by atoms with E-state index in [9.17, 15) is 9.18 Å². The van der Waals surface area contributed by atoms with Crippen molar-refractivity contribution in [3.05, 3.63) is 35.1 Å². The molecule has 3 nitrogen and oxygen atoms in total. The van der Waals surface area contributed by atoms with Crippen molar-refractivity contribution < 1.29 is 9.18 Å². The maximum absolute atomic E-state index is 13.4. The van der Waals surface area contributed by atoms with Gasteiger partial charge >= 0.3 is 0 Å². The van der Waals surface area contributed by atoms with Gasteiger partial charge in [0.15, 0.2) is 0 Å². The number of benzene rings is 1. The smallest absolute Gasteiger partial charge is 0.254 e. The topological polar surface area (TPSA) is 32.3 Å². The first-order chi connectivity index (χ1) is 10.0. The van der Waals surface area contributed by atoms with Crippen molar-refractivity contribution in [1.82, 2.24) is 10.2 Å². The maximum atomic E-state index is 13.4. The number of carbonyl (C=O) groups excluding carboxylic acids is 1. The van der Waals surface area contributed by atoms with Gasteiger partial charge in [-0.2, -0.15) is 0 Å². The molecule has 4 heteroatoms. The Bertz CT molecular complexity index is 496. The minimum atomic E-state index is -0.354. The van der Waals surface area contributed by atoms with E-state index in [0.29, 0.717) is 11.6 Å². The van der Waals surface area contributed by atoms with Gasteiger partial charge in [-0.1, -0.05) is 13.0 Å². The van der Waals surface area contributed by atoms with Gasteiger partial charge in [-0.15, -0.1) is 0 Å². The van der Waals surface area contributed by atoms with Gasteiger partial charge in [0.05, 0.1) is 0 Å². The van der Waals surface area contributed by atoms with Crippen molar-refractivity contribution >= 4 is 5.91 Å². The number of nitrogens with zero attached hydrogens (tertiary/aromatic N) is 1. The highest BCUT2D eigenvalue weighted by Gasteiger charge is 2.27. The summed E-state index contributed by atoms with van der Waals surface area (Å²) in [7, 11) is 1.84. The predicted octanol–water partition coefficient (Wildman–Crippen LogP) is 3.13. The number of hydrogen-bond acceptors (Lipinski definition) is 2. The molecule has 1 fully saturated rings. The number of amides is 1. The maximum Gasteiger partial charge on any atom is 0.254 e. The Balaban J connectivity index is 2.01. The van der Waals surface area contributed by atoms with Crippen LogP contribution >= 0.6 is 0 Å². The number of halogens is 1. The molecule has 0 aliphatic heterocycles. The van der Waals surface area contributed by atoms with Crippen LogP contribution in [0.15, 0.2) is 18.2 Å². The Hall–Kier alpha value is -1.42. The fourth-order valence-corrected chi connectivity index (χ4v) is 3.14. The number of hydrogen-bond donors (Lipinski definition) is 1. The van der Waals surface area contributed by atoms with Crippen LogP contribution in [0.25, 0.3) is 0 Å². The predicted molar refractivity (Wildman–Crippen MR) is 83.0 cm³/mol. The Labute approximate surface area is 126 Å². The molecular formula is C17H25FN2O. The van der Waals surface area contributed by atoms with Crippen LogP contribution in [0.1, 0.15) is 48.5 Å². The Morgan fingerprint density at radius 1 is 1.33 bits per heavy atom. The average molecular weight is 292 g/mol. The summed E-state index contributed by atoms with van der Waals surface area (Å²) in [5.74, 6) is -0.424. The normalized spacial score (nSPS) is 22.1. The molecule has 0 bridgehead atoms. The first-order valence-corrected chi connectivity index (χ1v) is 7.79. The van der Waals surface area contributed by atoms with Gasteiger partial charge in [-0.05, 0) is 56.8 Å². The zero-order chi connectivity index (χ0) is 15.4. The SMILES string of the molecule is CCNC1CCC(N(C)C(=O)c2cc(F)ccc2C)CC1. The third kappa shape index (κ3) is 3.82. The Morgan fingerprint density at radius 3 is 2.62 bits per heavy atom. The molecule has 0 atom stereocenters. The van der Waals surface area contributed by atoms with Gasteiger partial charge in [0.2, 0.25) is 0 Å². The van der Waals surface area contributed by atoms with E-state index in [0.717, 1.165) is 37.8 Å². The molecule has 1 aliphatic carbocycles. The quantitative estimate of drug-likeness (QED) is 0.924. The van der Waals surface area contributed by atoms with E-state index in [1.54, 1.807) is 11.0 Å². The molecular weight excluding hydrogens is 267 g/mol. The molecule has 1 amide bonds. The second-order valence-electron chi connectivity index (χ2n) is 5.94. The molecule has 116 valence electrons. The minimum Gasteiger partial charge on any atom is -0.339 e. The van der Waals surface area contributed by atoms with E-state index >= 15 is 0 Å². The molecule has 0 radical (unpaired) electrons. The van der Waals surface area contributed by atoms with Crippen molar-refractivity contribution in [3.8, 4) is 0 Å². The molecule has 21 heavy (non-hydrogen) atoms. The molecule has 0 aromatic heterocycles. The molecule has 2 rings (SSSR count). The fraction of sp³-hybridized carbons (Fsp3) is 0.588. The zero-order valence-electron chi connectivity index (χ0n) is 13.2. The molecule has 1 saturated carbocycles. The lowest BCUT2D eigenvalue weighted by Crippen LogP contribution is -2.43. The highest BCUT2D eigenvalue weighted by atomic mass is 19.1. The summed E-state index contributed by atoms with van der Waals surface area (Å²) in [5.41, 5.74) is 1.31. The summed E-state index contributed by atoms with van der Waals surface area (Å²) in [6.45, 7) is 4.96. The van der Waals surface area contributed by atoms with E-state index in [-0.39, 0.29) is 17.8 Å². The van der Waals surface area contributed by atoms with Gasteiger partial charge in [0, 0.05) is 24.7 Å². The van der Waals surface area contributed by atoms with Crippen molar-refractivity contribution in [3.63, 3.8) is 0 Å². The van der Waals surface area contributed by atoms with Gasteiger partial charge in [-0.25, -0.2) is 4.39 Å². The van der Waals surface area contributed by atoms with E-state index in [1.165, 1.54) is 12.1 Å². The van der Waals surface area contributed by atoms with E-state index < -0.39 is 0 Å². The molecule has 1 aliphatic rings. The minimum absolute atomic E-state index is 0.0705. The van der Waals surface area contributed by atoms with Crippen LogP contribution in [0.3, 0.4) is 0 Å². The van der Waals surface area contributed by atoms with E-state index in [4.69, 9.17) is 0 Å². The van der Waals surface area contributed by atoms with Crippen LogP contribution < -0.4 is 5.32 Å². The zero-order valence-corrected chi connectivity index (χ0v) is 13.2. The lowest BCUT2D eigenvalue weighted by molar-refractivity contribution is 0.0683. The molecule has 0 heterocycles. The van der Waals surface area contributed by atoms with E-state index in [2.05, 4.69) is 12.2 Å². The highest BCUT2D eigenvalue weighted by molar-refractivity contribution is 5.95. The van der Waals surface area contributed by atoms with Crippen molar-refractivity contribution in [2.45, 2.75) is 51.6 Å². The van der Waals surface area contributed by atoms with Crippen molar-refractivity contribution in [1.29, 1.82) is 0 Å². The largest absolute Gasteiger partial charge is 0.339 e. The van der Waals surface area contributed by atoms with E-state index in [1.807, 2.05) is 14.0 Å². The number of aryl methyl sites for hydroxylation is 1. The lowest BCUT2D eigenvalue weighted by atomic mass is 9.90. The number of carbonyl (C=O) groups is 1. The van der Waals surface area contributed by atoms with Crippen LogP contribution in [-0.4, -0.2) is 36.5 Å². The van der Waals surface area contributed by atoms with Gasteiger partial charge in [0.25, 0.3) is 5.91 Å². The first kappa shape index (κ1) is 16.0. The monoisotopic (exact) mass is 292 g/mol. The summed E-state index contributed by atoms with van der Waals surface area (Å²) in [5, 5.41) is 3.47. The second-order valence-corrected chi connectivity index (χ2v) is 5.94. The molecule has 1 N–H and O–H groups in total. The summed E-state index contributed by atoms with van der Waals surface area (Å²) in [6.07, 6.45) is 4.21. The molecule has 0 unspecified atom stereocenters. The summed E-state index contributed by atoms with van der Waals surface area (Å²) in [6, 6.07) is 5.24. The standard InChI is InChI=1S/C17H25FN2O/c1-4-19-14-7-9-15(10-8-14)20(3)17(21)16-11-13(18)6-5-12(16)2/h5-6,11,14-15,19H,4,7-10H2,1-3H3. The van der Waals surface area contributed by atoms with Crippen LogP contribution in [0, 0.1) is 12.7 Å². The Morgan fingerprint density at radius 2 is 2.00 bits per heavy atom. The third-order valence-corrected chi connectivity index (χ3v) is 4.49. The second kappa shape index (κ2) is 7.03. The highest BCUT2D eigenvalue weighted by Crippen LogP contribution is 2.24. The average Bonchev–Trinajstić information content (AvgIpc) is 2.49. The van der Waals surface area contributed by atoms with Gasteiger partial charge in [-0.3, -0.25) is 4.79 Å². The fourth-order valence-electron chi connectivity index (χ4n) is 3.14. The first-order valence-electron chi connectivity index (χ1n) is 7.79. The lowest BCUT2D eigenvalue weighted by Gasteiger charge is -2.35. The molecule has 1 aromatic carbocycles. The summed E-state index contributed by atoms with van der Waals surface area (Å²) < 4.78 is 13.4. The van der Waals surface area contributed by atoms with Crippen LogP contribution in [0.5, 0.6) is 0 Å². The summed E-state index contributed by atoms with van der Waals surface area (Å²) in [4.78, 5) is 14.4. The molecule has 1 aromatic rings. The van der Waals surface area contributed by atoms with Gasteiger partial charge in [0.1, 0.15) is 5.82 Å². The number of rotatable bonds is 4. The third-order valence-electron chi connectivity index (χ3n) is 4.49. The number of nitrogens with one attached hydrogen (secondary N) is 1. The molecule has 0 saturated heterocycles. The molecule has 0 spiro atoms. The van der Waals surface area contributed by atoms with Crippen molar-refractivity contribution in [2.24, 2.45) is 0 Å². The Kier molecular flexibility index (Phi) is 5.34. The van der Waals surface area contributed by atoms with Crippen molar-refractivity contribution in [2.75, 3.05) is 13.6 Å². The summed E-state index contributed by atoms with van der Waals surface area (Å²) >= 11 is 0. The van der Waals surface area contributed by atoms with Crippen LogP contribution in [-0.2, 0) is 0 Å². The van der Waals surface area contributed by atoms with Gasteiger partial charge < -0.3 is 10.2 Å². The van der Waals surface area contributed by atoms with Crippen LogP contribution in [0.4, 0.5) is 4.39 Å².